The van der Waals surface area contributed by atoms with Crippen LogP contribution in [0.5, 0.6) is 0 Å². The fourth-order valence-corrected chi connectivity index (χ4v) is 4.85. The number of thiazole rings is 1. The van der Waals surface area contributed by atoms with Crippen LogP contribution in [0.4, 0.5) is 18.3 Å². The zero-order chi connectivity index (χ0) is 23.6. The van der Waals surface area contributed by atoms with Crippen LogP contribution in [-0.4, -0.2) is 38.3 Å². The Morgan fingerprint density at radius 3 is 2.79 bits per heavy atom. The lowest BCUT2D eigenvalue weighted by atomic mass is 10.0. The van der Waals surface area contributed by atoms with E-state index in [0.29, 0.717) is 23.8 Å². The Labute approximate surface area is 197 Å². The molecule has 3 aromatic rings. The summed E-state index contributed by atoms with van der Waals surface area (Å²) in [5.41, 5.74) is 0.0996. The molecule has 1 atom stereocenters. The van der Waals surface area contributed by atoms with Gasteiger partial charge in [-0.1, -0.05) is 41.5 Å². The third-order valence-electron chi connectivity index (χ3n) is 5.52. The zero-order valence-electron chi connectivity index (χ0n) is 17.7. The Morgan fingerprint density at radius 1 is 1.27 bits per heavy atom. The van der Waals surface area contributed by atoms with Gasteiger partial charge in [-0.05, 0) is 38.4 Å². The van der Waals surface area contributed by atoms with E-state index in [1.54, 1.807) is 6.07 Å². The molecule has 1 fully saturated rings. The van der Waals surface area contributed by atoms with Gasteiger partial charge in [0, 0.05) is 23.0 Å². The third kappa shape index (κ3) is 5.69. The number of amides is 1. The number of nitrogens with one attached hydrogen (secondary N) is 1. The monoisotopic (exact) mass is 495 g/mol. The summed E-state index contributed by atoms with van der Waals surface area (Å²) in [6.45, 7) is 3.59. The van der Waals surface area contributed by atoms with Crippen LogP contribution in [0.2, 0.25) is 5.15 Å². The molecule has 0 saturated carbocycles. The quantitative estimate of drug-likeness (QED) is 0.477. The number of alkyl halides is 3. The molecule has 1 N–H and O–H groups in total. The highest BCUT2D eigenvalue weighted by atomic mass is 35.5. The Balaban J connectivity index is 1.67. The molecule has 0 aliphatic carbocycles. The Hall–Kier alpha value is -2.56. The maximum Gasteiger partial charge on any atom is 0.416 e. The molecular weight excluding hydrogens is 475 g/mol. The molecule has 0 bridgehead atoms. The molecule has 1 aromatic carbocycles. The van der Waals surface area contributed by atoms with Crippen molar-refractivity contribution in [3.63, 3.8) is 0 Å². The van der Waals surface area contributed by atoms with Gasteiger partial charge in [0.05, 0.1) is 23.7 Å². The van der Waals surface area contributed by atoms with Gasteiger partial charge in [0.15, 0.2) is 5.13 Å². The summed E-state index contributed by atoms with van der Waals surface area (Å²) in [5, 5.41) is 3.12. The van der Waals surface area contributed by atoms with Crippen molar-refractivity contribution in [3.05, 3.63) is 57.9 Å². The predicted octanol–water partition coefficient (Wildman–Crippen LogP) is 5.90. The van der Waals surface area contributed by atoms with Gasteiger partial charge in [0.25, 0.3) is 5.91 Å². The minimum atomic E-state index is -4.46. The summed E-state index contributed by atoms with van der Waals surface area (Å²) in [7, 11) is 0. The van der Waals surface area contributed by atoms with Crippen molar-refractivity contribution in [2.24, 2.45) is 0 Å². The molecule has 4 rings (SSSR count). The van der Waals surface area contributed by atoms with Crippen molar-refractivity contribution < 1.29 is 18.0 Å². The molecule has 174 valence electrons. The highest BCUT2D eigenvalue weighted by Crippen LogP contribution is 2.37. The summed E-state index contributed by atoms with van der Waals surface area (Å²) in [4.78, 5) is 27.9. The number of piperidine rings is 1. The summed E-state index contributed by atoms with van der Waals surface area (Å²) in [6, 6.07) is 5.45. The first kappa shape index (κ1) is 23.6. The number of nitrogens with zero attached hydrogens (tertiary/aromatic N) is 4. The van der Waals surface area contributed by atoms with Crippen molar-refractivity contribution in [3.8, 4) is 11.3 Å². The summed E-state index contributed by atoms with van der Waals surface area (Å²) in [5.74, 6) is -0.526. The average Bonchev–Trinajstić information content (AvgIpc) is 3.17. The first-order valence-electron chi connectivity index (χ1n) is 10.4. The molecule has 1 aliphatic heterocycles. The van der Waals surface area contributed by atoms with Crippen molar-refractivity contribution >= 4 is 34.0 Å². The van der Waals surface area contributed by atoms with E-state index < -0.39 is 17.6 Å². The number of aromatic nitrogens is 3. The van der Waals surface area contributed by atoms with Crippen LogP contribution < -0.4 is 5.32 Å². The molecular formula is C22H21ClF3N5OS. The predicted molar refractivity (Wildman–Crippen MR) is 121 cm³/mol. The van der Waals surface area contributed by atoms with Gasteiger partial charge in [-0.3, -0.25) is 15.0 Å². The molecule has 6 nitrogen and oxygen atoms in total. The van der Waals surface area contributed by atoms with Gasteiger partial charge in [0.1, 0.15) is 10.8 Å². The number of carbonyl (C=O) groups excluding carboxylic acids is 1. The van der Waals surface area contributed by atoms with E-state index in [4.69, 9.17) is 11.6 Å². The van der Waals surface area contributed by atoms with E-state index in [1.165, 1.54) is 29.8 Å². The molecule has 1 aliphatic rings. The average molecular weight is 496 g/mol. The van der Waals surface area contributed by atoms with E-state index in [9.17, 15) is 18.0 Å². The van der Waals surface area contributed by atoms with E-state index in [-0.39, 0.29) is 16.0 Å². The van der Waals surface area contributed by atoms with Crippen molar-refractivity contribution in [2.75, 3.05) is 11.9 Å². The van der Waals surface area contributed by atoms with Crippen molar-refractivity contribution in [1.29, 1.82) is 0 Å². The first-order chi connectivity index (χ1) is 15.7. The standard InChI is InChI=1S/C22H21ClF3N5OS/c1-13-5-2-3-8-31(13)12-17-19(14-6-4-7-15(9-14)22(24,25)26)29-21(33-17)30-20(32)16-10-28-18(23)11-27-16/h4,6-7,9-11,13H,2-3,5,8,12H2,1H3,(H,29,30,32)/t13-/m1/s1. The smallest absolute Gasteiger partial charge is 0.296 e. The third-order valence-corrected chi connectivity index (χ3v) is 6.67. The van der Waals surface area contributed by atoms with Gasteiger partial charge in [-0.2, -0.15) is 13.2 Å². The number of likely N-dealkylation sites (tertiary alicyclic amines) is 1. The number of halogens is 4. The number of rotatable bonds is 5. The van der Waals surface area contributed by atoms with E-state index >= 15 is 0 Å². The highest BCUT2D eigenvalue weighted by Gasteiger charge is 2.31. The second-order valence-corrected chi connectivity index (χ2v) is 9.33. The SMILES string of the molecule is C[C@@H]1CCCCN1Cc1sc(NC(=O)c2cnc(Cl)cn2)nc1-c1cccc(C(F)(F)F)c1. The van der Waals surface area contributed by atoms with Crippen molar-refractivity contribution in [2.45, 2.75) is 44.9 Å². The first-order valence-corrected chi connectivity index (χ1v) is 11.6. The van der Waals surface area contributed by atoms with Crippen LogP contribution in [0.1, 0.15) is 47.1 Å². The van der Waals surface area contributed by atoms with Crippen LogP contribution in [0.25, 0.3) is 11.3 Å². The molecule has 0 spiro atoms. The minimum absolute atomic E-state index is 0.0569. The lowest BCUT2D eigenvalue weighted by Gasteiger charge is -2.33. The maximum atomic E-state index is 13.3. The molecule has 1 saturated heterocycles. The largest absolute Gasteiger partial charge is 0.416 e. The number of carbonyl (C=O) groups is 1. The van der Waals surface area contributed by atoms with Gasteiger partial charge in [-0.15, -0.1) is 0 Å². The van der Waals surface area contributed by atoms with Gasteiger partial charge < -0.3 is 0 Å². The Kier molecular flexibility index (Phi) is 6.96. The van der Waals surface area contributed by atoms with E-state index in [0.717, 1.165) is 42.8 Å². The molecule has 1 amide bonds. The number of anilines is 1. The zero-order valence-corrected chi connectivity index (χ0v) is 19.3. The van der Waals surface area contributed by atoms with Crippen LogP contribution in [0.3, 0.4) is 0 Å². The normalized spacial score (nSPS) is 17.2. The molecule has 33 heavy (non-hydrogen) atoms. The second kappa shape index (κ2) is 9.74. The number of hydrogen-bond acceptors (Lipinski definition) is 6. The highest BCUT2D eigenvalue weighted by molar-refractivity contribution is 7.16. The van der Waals surface area contributed by atoms with Gasteiger partial charge in [0.2, 0.25) is 0 Å². The van der Waals surface area contributed by atoms with Gasteiger partial charge >= 0.3 is 6.18 Å². The molecule has 0 unspecified atom stereocenters. The lowest BCUT2D eigenvalue weighted by molar-refractivity contribution is -0.137. The molecule has 11 heteroatoms. The summed E-state index contributed by atoms with van der Waals surface area (Å²) in [6.07, 6.45) is 1.34. The van der Waals surface area contributed by atoms with Crippen LogP contribution in [0.15, 0.2) is 36.7 Å². The topological polar surface area (TPSA) is 71.0 Å². The maximum absolute atomic E-state index is 13.3. The number of benzene rings is 1. The van der Waals surface area contributed by atoms with Crippen LogP contribution in [0, 0.1) is 0 Å². The molecule has 0 radical (unpaired) electrons. The second-order valence-electron chi connectivity index (χ2n) is 7.86. The number of hydrogen-bond donors (Lipinski definition) is 1. The summed E-state index contributed by atoms with van der Waals surface area (Å²) >= 11 is 6.97. The van der Waals surface area contributed by atoms with Crippen LogP contribution >= 0.6 is 22.9 Å². The lowest BCUT2D eigenvalue weighted by Crippen LogP contribution is -2.36. The Bertz CT molecular complexity index is 1140. The molecule has 2 aromatic heterocycles. The molecule has 3 heterocycles. The fourth-order valence-electron chi connectivity index (χ4n) is 3.75. The van der Waals surface area contributed by atoms with E-state index in [2.05, 4.69) is 32.1 Å². The van der Waals surface area contributed by atoms with Gasteiger partial charge in [-0.25, -0.2) is 15.0 Å². The fraction of sp³-hybridized carbons (Fsp3) is 0.364. The van der Waals surface area contributed by atoms with Crippen molar-refractivity contribution in [1.82, 2.24) is 19.9 Å². The minimum Gasteiger partial charge on any atom is -0.296 e. The Morgan fingerprint density at radius 2 is 2.09 bits per heavy atom. The summed E-state index contributed by atoms with van der Waals surface area (Å²) < 4.78 is 39.9. The van der Waals surface area contributed by atoms with E-state index in [1.807, 2.05) is 0 Å². The van der Waals surface area contributed by atoms with Crippen LogP contribution in [-0.2, 0) is 12.7 Å².